The Morgan fingerprint density at radius 3 is 2.79 bits per heavy atom. The lowest BCUT2D eigenvalue weighted by molar-refractivity contribution is 0.0943. The molecule has 0 aromatic carbocycles. The highest BCUT2D eigenvalue weighted by Crippen LogP contribution is 2.14. The summed E-state index contributed by atoms with van der Waals surface area (Å²) in [6.45, 7) is 5.79. The zero-order chi connectivity index (χ0) is 14.6. The van der Waals surface area contributed by atoms with Crippen LogP contribution in [0, 0.1) is 5.41 Å². The molecule has 0 saturated heterocycles. The van der Waals surface area contributed by atoms with Crippen LogP contribution in [0.25, 0.3) is 0 Å². The molecule has 0 unspecified atom stereocenters. The van der Waals surface area contributed by atoms with Crippen LogP contribution in [0.3, 0.4) is 0 Å². The molecule has 0 aliphatic heterocycles. The van der Waals surface area contributed by atoms with Crippen LogP contribution < -0.4 is 11.1 Å². The molecule has 1 heterocycles. The van der Waals surface area contributed by atoms with Gasteiger partial charge < -0.3 is 16.3 Å². The first-order chi connectivity index (χ1) is 8.81. The molecule has 0 spiro atoms. The molecule has 1 aromatic heterocycles. The molecule has 0 saturated carbocycles. The van der Waals surface area contributed by atoms with E-state index in [0.29, 0.717) is 12.0 Å². The maximum atomic E-state index is 12.1. The summed E-state index contributed by atoms with van der Waals surface area (Å²) in [6, 6.07) is 0. The number of nitrogens with two attached hydrogens (primary N) is 1. The summed E-state index contributed by atoms with van der Waals surface area (Å²) in [5, 5.41) is 18.6. The van der Waals surface area contributed by atoms with Crippen LogP contribution in [-0.2, 0) is 13.5 Å². The Morgan fingerprint density at radius 1 is 1.63 bits per heavy atom. The fourth-order valence-corrected chi connectivity index (χ4v) is 1.61. The van der Waals surface area contributed by atoms with Crippen LogP contribution in [0.5, 0.6) is 0 Å². The Hall–Kier alpha value is -2.05. The second-order valence-corrected chi connectivity index (χ2v) is 5.07. The van der Waals surface area contributed by atoms with Crippen LogP contribution in [0.2, 0.25) is 0 Å². The third kappa shape index (κ3) is 3.46. The first kappa shape index (κ1) is 15.0. The number of carbonyl (C=O) groups is 1. The lowest BCUT2D eigenvalue weighted by Crippen LogP contribution is -2.42. The minimum atomic E-state index is -0.612. The van der Waals surface area contributed by atoms with E-state index in [4.69, 9.17) is 10.9 Å². The summed E-state index contributed by atoms with van der Waals surface area (Å²) in [7, 11) is 1.77. The van der Waals surface area contributed by atoms with Crippen LogP contribution in [0.15, 0.2) is 11.4 Å². The number of hydrogen-bond donors (Lipinski definition) is 3. The number of nitrogens with zero attached hydrogens (tertiary/aromatic N) is 3. The summed E-state index contributed by atoms with van der Waals surface area (Å²) in [6.07, 6.45) is 2.37. The smallest absolute Gasteiger partial charge is 0.254 e. The SMILES string of the molecule is CCc1nn(C)cc1C(=O)NCC(C)(C)/C(N)=N/O. The summed E-state index contributed by atoms with van der Waals surface area (Å²) < 4.78 is 1.61. The molecule has 0 aliphatic carbocycles. The molecule has 4 N–H and O–H groups in total. The van der Waals surface area contributed by atoms with Gasteiger partial charge in [-0.3, -0.25) is 9.48 Å². The number of hydrogen-bond acceptors (Lipinski definition) is 4. The molecule has 0 fully saturated rings. The predicted molar refractivity (Wildman–Crippen MR) is 72.1 cm³/mol. The fraction of sp³-hybridized carbons (Fsp3) is 0.583. The van der Waals surface area contributed by atoms with Gasteiger partial charge in [-0.05, 0) is 6.42 Å². The average molecular weight is 267 g/mol. The Balaban J connectivity index is 2.76. The van der Waals surface area contributed by atoms with E-state index < -0.39 is 5.41 Å². The number of aromatic nitrogens is 2. The highest BCUT2D eigenvalue weighted by Gasteiger charge is 2.25. The van der Waals surface area contributed by atoms with Gasteiger partial charge in [0.25, 0.3) is 5.91 Å². The number of oxime groups is 1. The first-order valence-electron chi connectivity index (χ1n) is 6.10. The van der Waals surface area contributed by atoms with Gasteiger partial charge in [-0.2, -0.15) is 5.10 Å². The van der Waals surface area contributed by atoms with Crippen LogP contribution in [0.1, 0.15) is 36.8 Å². The maximum Gasteiger partial charge on any atom is 0.254 e. The van der Waals surface area contributed by atoms with E-state index in [-0.39, 0.29) is 18.3 Å². The third-order valence-electron chi connectivity index (χ3n) is 2.98. The Kier molecular flexibility index (Phi) is 4.52. The van der Waals surface area contributed by atoms with Gasteiger partial charge in [-0.15, -0.1) is 0 Å². The van der Waals surface area contributed by atoms with Crippen molar-refractivity contribution in [1.29, 1.82) is 0 Å². The molecule has 0 bridgehead atoms. The maximum absolute atomic E-state index is 12.1. The number of amidine groups is 1. The standard InChI is InChI=1S/C12H21N5O2/c1-5-9-8(6-17(4)15-9)10(18)14-7-12(2,3)11(13)16-19/h6,19H,5,7H2,1-4H3,(H2,13,16)(H,14,18). The molecular formula is C12H21N5O2. The highest BCUT2D eigenvalue weighted by atomic mass is 16.4. The van der Waals surface area contributed by atoms with Gasteiger partial charge >= 0.3 is 0 Å². The molecule has 19 heavy (non-hydrogen) atoms. The molecule has 7 heteroatoms. The van der Waals surface area contributed by atoms with E-state index in [1.165, 1.54) is 0 Å². The van der Waals surface area contributed by atoms with E-state index in [1.54, 1.807) is 31.8 Å². The van der Waals surface area contributed by atoms with Gasteiger partial charge in [0.1, 0.15) is 5.84 Å². The number of nitrogens with one attached hydrogen (secondary N) is 1. The van der Waals surface area contributed by atoms with Crippen LogP contribution >= 0.6 is 0 Å². The van der Waals surface area contributed by atoms with Gasteiger partial charge in [0, 0.05) is 25.2 Å². The van der Waals surface area contributed by atoms with Crippen molar-refractivity contribution in [2.45, 2.75) is 27.2 Å². The van der Waals surface area contributed by atoms with Crippen molar-refractivity contribution in [2.75, 3.05) is 6.54 Å². The minimum Gasteiger partial charge on any atom is -0.409 e. The first-order valence-corrected chi connectivity index (χ1v) is 6.10. The highest BCUT2D eigenvalue weighted by molar-refractivity contribution is 5.95. The predicted octanol–water partition coefficient (Wildman–Crippen LogP) is 0.485. The van der Waals surface area contributed by atoms with E-state index in [9.17, 15) is 4.79 Å². The Bertz CT molecular complexity index is 490. The van der Waals surface area contributed by atoms with Crippen molar-refractivity contribution in [3.8, 4) is 0 Å². The van der Waals surface area contributed by atoms with E-state index in [2.05, 4.69) is 15.6 Å². The van der Waals surface area contributed by atoms with Crippen LogP contribution in [0.4, 0.5) is 0 Å². The van der Waals surface area contributed by atoms with Crippen LogP contribution in [-0.4, -0.2) is 33.3 Å². The molecular weight excluding hydrogens is 246 g/mol. The van der Waals surface area contributed by atoms with Gasteiger partial charge in [0.2, 0.25) is 0 Å². The second-order valence-electron chi connectivity index (χ2n) is 5.07. The van der Waals surface area contributed by atoms with Crippen molar-refractivity contribution in [2.24, 2.45) is 23.4 Å². The molecule has 1 aromatic rings. The molecule has 1 amide bonds. The Morgan fingerprint density at radius 2 is 2.26 bits per heavy atom. The number of carbonyl (C=O) groups excluding carboxylic acids is 1. The molecule has 0 atom stereocenters. The zero-order valence-electron chi connectivity index (χ0n) is 11.8. The number of rotatable bonds is 5. The van der Waals surface area contributed by atoms with E-state index in [0.717, 1.165) is 5.69 Å². The van der Waals surface area contributed by atoms with Crippen molar-refractivity contribution in [3.63, 3.8) is 0 Å². The number of aryl methyl sites for hydroxylation is 2. The topological polar surface area (TPSA) is 106 Å². The average Bonchev–Trinajstić information content (AvgIpc) is 2.76. The summed E-state index contributed by atoms with van der Waals surface area (Å²) >= 11 is 0. The normalized spacial score (nSPS) is 12.5. The molecule has 7 nitrogen and oxygen atoms in total. The zero-order valence-corrected chi connectivity index (χ0v) is 11.8. The van der Waals surface area contributed by atoms with Crippen molar-refractivity contribution in [1.82, 2.24) is 15.1 Å². The molecule has 0 aliphatic rings. The fourth-order valence-electron chi connectivity index (χ4n) is 1.61. The van der Waals surface area contributed by atoms with E-state index >= 15 is 0 Å². The van der Waals surface area contributed by atoms with Gasteiger partial charge in [-0.1, -0.05) is 25.9 Å². The van der Waals surface area contributed by atoms with Gasteiger partial charge in [-0.25, -0.2) is 0 Å². The van der Waals surface area contributed by atoms with Crippen molar-refractivity contribution in [3.05, 3.63) is 17.5 Å². The minimum absolute atomic E-state index is 0.0784. The quantitative estimate of drug-likeness (QED) is 0.312. The second kappa shape index (κ2) is 5.73. The van der Waals surface area contributed by atoms with Crippen molar-refractivity contribution < 1.29 is 10.0 Å². The summed E-state index contributed by atoms with van der Waals surface area (Å²) in [5.41, 5.74) is 6.26. The van der Waals surface area contributed by atoms with Gasteiger partial charge in [0.05, 0.1) is 11.3 Å². The molecule has 106 valence electrons. The number of amides is 1. The monoisotopic (exact) mass is 267 g/mol. The third-order valence-corrected chi connectivity index (χ3v) is 2.98. The summed E-state index contributed by atoms with van der Waals surface area (Å²) in [5.74, 6) is -0.126. The molecule has 1 rings (SSSR count). The summed E-state index contributed by atoms with van der Waals surface area (Å²) in [4.78, 5) is 12.1. The largest absolute Gasteiger partial charge is 0.409 e. The lowest BCUT2D eigenvalue weighted by Gasteiger charge is -2.22. The Labute approximate surface area is 112 Å². The van der Waals surface area contributed by atoms with Gasteiger partial charge in [0.15, 0.2) is 0 Å². The molecule has 0 radical (unpaired) electrons. The lowest BCUT2D eigenvalue weighted by atomic mass is 9.92. The van der Waals surface area contributed by atoms with Crippen molar-refractivity contribution >= 4 is 11.7 Å². The van der Waals surface area contributed by atoms with E-state index in [1.807, 2.05) is 6.92 Å².